The predicted molar refractivity (Wildman–Crippen MR) is 144 cm³/mol. The first-order valence-corrected chi connectivity index (χ1v) is 14.0. The number of H-pyrrole nitrogens is 2. The maximum atomic E-state index is 13.7. The highest BCUT2D eigenvalue weighted by molar-refractivity contribution is 7.89. The highest BCUT2D eigenvalue weighted by atomic mass is 32.2. The fourth-order valence-electron chi connectivity index (χ4n) is 4.70. The zero-order valence-corrected chi connectivity index (χ0v) is 22.4. The number of halogens is 1. The number of nitrogens with zero attached hydrogens (tertiary/aromatic N) is 4. The number of aromatic nitrogens is 4. The molecule has 0 bridgehead atoms. The van der Waals surface area contributed by atoms with Crippen LogP contribution in [-0.2, 0) is 23.1 Å². The second-order valence-electron chi connectivity index (χ2n) is 9.37. The number of fused-ring (bicyclic) bond motifs is 1. The molecular formula is C26H29FN6O5S. The van der Waals surface area contributed by atoms with Crippen LogP contribution >= 0.6 is 0 Å². The van der Waals surface area contributed by atoms with Gasteiger partial charge < -0.3 is 9.72 Å². The van der Waals surface area contributed by atoms with Gasteiger partial charge in [0.2, 0.25) is 10.0 Å². The zero-order chi connectivity index (χ0) is 27.7. The normalized spacial score (nSPS) is 15.2. The highest BCUT2D eigenvalue weighted by Crippen LogP contribution is 2.24. The molecule has 0 radical (unpaired) electrons. The molecule has 2 aromatic heterocycles. The van der Waals surface area contributed by atoms with E-state index in [1.54, 1.807) is 24.3 Å². The summed E-state index contributed by atoms with van der Waals surface area (Å²) >= 11 is 0. The fraction of sp³-hybridized carbons (Fsp3) is 0.346. The van der Waals surface area contributed by atoms with Gasteiger partial charge in [-0.25, -0.2) is 22.6 Å². The number of piperazine rings is 1. The Morgan fingerprint density at radius 3 is 2.41 bits per heavy atom. The molecule has 206 valence electrons. The first-order valence-electron chi connectivity index (χ1n) is 12.6. The molecule has 1 saturated heterocycles. The molecule has 4 aromatic rings. The Morgan fingerprint density at radius 1 is 1.03 bits per heavy atom. The minimum absolute atomic E-state index is 0.151. The summed E-state index contributed by atoms with van der Waals surface area (Å²) in [6.45, 7) is 4.43. The third-order valence-electron chi connectivity index (χ3n) is 6.80. The van der Waals surface area contributed by atoms with Crippen molar-refractivity contribution in [3.63, 3.8) is 0 Å². The second kappa shape index (κ2) is 10.8. The molecule has 1 aliphatic rings. The van der Waals surface area contributed by atoms with Crippen molar-refractivity contribution in [2.75, 3.05) is 33.3 Å². The van der Waals surface area contributed by atoms with Crippen LogP contribution in [0.4, 0.5) is 4.39 Å². The van der Waals surface area contributed by atoms with E-state index in [9.17, 15) is 22.4 Å². The van der Waals surface area contributed by atoms with Crippen LogP contribution in [0.15, 0.2) is 56.9 Å². The van der Waals surface area contributed by atoms with Gasteiger partial charge in [0.15, 0.2) is 17.2 Å². The van der Waals surface area contributed by atoms with E-state index in [0.29, 0.717) is 57.1 Å². The Bertz CT molecular complexity index is 1720. The fourth-order valence-corrected chi connectivity index (χ4v) is 6.12. The monoisotopic (exact) mass is 556 g/mol. The lowest BCUT2D eigenvalue weighted by atomic mass is 10.2. The number of hydrogen-bond acceptors (Lipinski definition) is 7. The summed E-state index contributed by atoms with van der Waals surface area (Å²) < 4.78 is 47.9. The van der Waals surface area contributed by atoms with Crippen molar-refractivity contribution in [3.05, 3.63) is 74.7 Å². The zero-order valence-electron chi connectivity index (χ0n) is 21.6. The Hall–Kier alpha value is -3.81. The quantitative estimate of drug-likeness (QED) is 0.340. The summed E-state index contributed by atoms with van der Waals surface area (Å²) in [7, 11) is -2.30. The van der Waals surface area contributed by atoms with Gasteiger partial charge in [0, 0.05) is 44.8 Å². The van der Waals surface area contributed by atoms with Gasteiger partial charge in [-0.05, 0) is 48.4 Å². The third kappa shape index (κ3) is 5.24. The van der Waals surface area contributed by atoms with Crippen LogP contribution in [0, 0.1) is 5.82 Å². The SMILES string of the molecule is CCCn1c(=O)[nH]c2nc(-c3ccc(S(=O)(=O)N4CCN(Cc5ccc(F)c(OC)c5)CC4)cc3)[nH]c2c1=O. The van der Waals surface area contributed by atoms with Gasteiger partial charge in [0.05, 0.1) is 12.0 Å². The first kappa shape index (κ1) is 26.8. The summed E-state index contributed by atoms with van der Waals surface area (Å²) in [5.41, 5.74) is 0.830. The minimum Gasteiger partial charge on any atom is -0.494 e. The molecule has 0 aliphatic carbocycles. The van der Waals surface area contributed by atoms with Crippen molar-refractivity contribution in [2.45, 2.75) is 31.3 Å². The lowest BCUT2D eigenvalue weighted by Crippen LogP contribution is -2.48. The summed E-state index contributed by atoms with van der Waals surface area (Å²) in [6, 6.07) is 11.0. The Morgan fingerprint density at radius 2 is 1.74 bits per heavy atom. The maximum absolute atomic E-state index is 13.7. The molecule has 2 N–H and O–H groups in total. The molecule has 39 heavy (non-hydrogen) atoms. The van der Waals surface area contributed by atoms with E-state index < -0.39 is 27.1 Å². The molecule has 1 aliphatic heterocycles. The largest absolute Gasteiger partial charge is 0.494 e. The Balaban J connectivity index is 1.28. The number of benzene rings is 2. The molecular weight excluding hydrogens is 527 g/mol. The summed E-state index contributed by atoms with van der Waals surface area (Å²) in [6.07, 6.45) is 0.629. The van der Waals surface area contributed by atoms with Gasteiger partial charge in [-0.3, -0.25) is 19.2 Å². The molecule has 0 atom stereocenters. The Labute approximate surface area is 223 Å². The van der Waals surface area contributed by atoms with E-state index in [-0.39, 0.29) is 21.8 Å². The van der Waals surface area contributed by atoms with Crippen molar-refractivity contribution in [2.24, 2.45) is 0 Å². The molecule has 5 rings (SSSR count). The number of ether oxygens (including phenoxy) is 1. The first-order chi connectivity index (χ1) is 18.7. The van der Waals surface area contributed by atoms with Crippen LogP contribution in [0.25, 0.3) is 22.6 Å². The lowest BCUT2D eigenvalue weighted by Gasteiger charge is -2.34. The minimum atomic E-state index is -3.72. The number of aromatic amines is 2. The molecule has 0 spiro atoms. The molecule has 2 aromatic carbocycles. The van der Waals surface area contributed by atoms with Gasteiger partial charge in [0.1, 0.15) is 11.3 Å². The van der Waals surface area contributed by atoms with Crippen molar-refractivity contribution >= 4 is 21.2 Å². The standard InChI is InChI=1S/C26H29FN6O5S/c1-3-10-33-25(34)22-24(30-26(33)35)29-23(28-22)18-5-7-19(8-6-18)39(36,37)32-13-11-31(12-14-32)16-17-4-9-20(27)21(15-17)38-2/h4-9,15H,3,10-14,16H2,1-2H3,(H,28,29)(H,30,35). The van der Waals surface area contributed by atoms with Gasteiger partial charge in [0.25, 0.3) is 5.56 Å². The number of sulfonamides is 1. The van der Waals surface area contributed by atoms with Crippen LogP contribution < -0.4 is 16.0 Å². The molecule has 1 fully saturated rings. The third-order valence-corrected chi connectivity index (χ3v) is 8.71. The second-order valence-corrected chi connectivity index (χ2v) is 11.3. The van der Waals surface area contributed by atoms with Gasteiger partial charge in [-0.1, -0.05) is 13.0 Å². The summed E-state index contributed by atoms with van der Waals surface area (Å²) in [4.78, 5) is 37.0. The van der Waals surface area contributed by atoms with E-state index >= 15 is 0 Å². The molecule has 13 heteroatoms. The van der Waals surface area contributed by atoms with Gasteiger partial charge >= 0.3 is 5.69 Å². The predicted octanol–water partition coefficient (Wildman–Crippen LogP) is 2.14. The number of hydrogen-bond donors (Lipinski definition) is 2. The number of rotatable bonds is 8. The summed E-state index contributed by atoms with van der Waals surface area (Å²) in [5.74, 6) is 0.109. The van der Waals surface area contributed by atoms with E-state index in [4.69, 9.17) is 4.74 Å². The van der Waals surface area contributed by atoms with Crippen molar-refractivity contribution in [3.8, 4) is 17.1 Å². The van der Waals surface area contributed by atoms with Crippen LogP contribution in [0.3, 0.4) is 0 Å². The van der Waals surface area contributed by atoms with Crippen LogP contribution in [0.2, 0.25) is 0 Å². The van der Waals surface area contributed by atoms with Crippen molar-refractivity contribution < 1.29 is 17.5 Å². The van der Waals surface area contributed by atoms with E-state index in [2.05, 4.69) is 19.9 Å². The maximum Gasteiger partial charge on any atom is 0.330 e. The molecule has 0 amide bonds. The summed E-state index contributed by atoms with van der Waals surface area (Å²) in [5, 5.41) is 0. The Kier molecular flexibility index (Phi) is 7.38. The number of nitrogens with one attached hydrogen (secondary N) is 2. The molecule has 3 heterocycles. The number of imidazole rings is 1. The number of methoxy groups -OCH3 is 1. The van der Waals surface area contributed by atoms with Crippen LogP contribution in [0.5, 0.6) is 5.75 Å². The van der Waals surface area contributed by atoms with E-state index in [1.807, 2.05) is 6.92 Å². The van der Waals surface area contributed by atoms with Gasteiger partial charge in [-0.15, -0.1) is 0 Å². The highest BCUT2D eigenvalue weighted by Gasteiger charge is 2.28. The van der Waals surface area contributed by atoms with Crippen molar-refractivity contribution in [1.29, 1.82) is 0 Å². The molecule has 0 saturated carbocycles. The van der Waals surface area contributed by atoms with Crippen LogP contribution in [0.1, 0.15) is 18.9 Å². The topological polar surface area (TPSA) is 133 Å². The van der Waals surface area contributed by atoms with E-state index in [1.165, 1.54) is 29.6 Å². The van der Waals surface area contributed by atoms with Crippen LogP contribution in [-0.4, -0.2) is 70.4 Å². The average Bonchev–Trinajstić information content (AvgIpc) is 3.36. The van der Waals surface area contributed by atoms with Crippen molar-refractivity contribution in [1.82, 2.24) is 28.7 Å². The molecule has 11 nitrogen and oxygen atoms in total. The smallest absolute Gasteiger partial charge is 0.330 e. The lowest BCUT2D eigenvalue weighted by molar-refractivity contribution is 0.181. The average molecular weight is 557 g/mol. The van der Waals surface area contributed by atoms with E-state index in [0.717, 1.165) is 10.1 Å². The molecule has 0 unspecified atom stereocenters. The van der Waals surface area contributed by atoms with Gasteiger partial charge in [-0.2, -0.15) is 4.31 Å².